The minimum atomic E-state index is 0.105. The minimum Gasteiger partial charge on any atom is -0.332 e. The third kappa shape index (κ3) is 3.24. The standard InChI is InChI=1S/C17H15ClINO/c18-14-4-1-3-13(11-14)16-5-2-10-20(16)17(21)12-6-8-15(19)9-7-12/h1,3-4,6-9,11,16H,2,5,10H2. The molecule has 0 spiro atoms. The summed E-state index contributed by atoms with van der Waals surface area (Å²) in [4.78, 5) is 14.7. The van der Waals surface area contributed by atoms with Gasteiger partial charge in [0.1, 0.15) is 0 Å². The van der Waals surface area contributed by atoms with Crippen LogP contribution in [-0.2, 0) is 0 Å². The molecule has 0 aromatic heterocycles. The van der Waals surface area contributed by atoms with Gasteiger partial charge < -0.3 is 4.90 Å². The Morgan fingerprint density at radius 3 is 2.67 bits per heavy atom. The van der Waals surface area contributed by atoms with Gasteiger partial charge in [-0.1, -0.05) is 23.7 Å². The predicted molar refractivity (Wildman–Crippen MR) is 93.6 cm³/mol. The predicted octanol–water partition coefficient (Wildman–Crippen LogP) is 4.92. The lowest BCUT2D eigenvalue weighted by Gasteiger charge is -2.25. The summed E-state index contributed by atoms with van der Waals surface area (Å²) in [6.07, 6.45) is 2.03. The number of benzene rings is 2. The van der Waals surface area contributed by atoms with Crippen molar-refractivity contribution in [2.75, 3.05) is 6.54 Å². The van der Waals surface area contributed by atoms with Gasteiger partial charge in [0.25, 0.3) is 5.91 Å². The quantitative estimate of drug-likeness (QED) is 0.642. The SMILES string of the molecule is O=C(c1ccc(I)cc1)N1CCCC1c1cccc(Cl)c1. The van der Waals surface area contributed by atoms with E-state index in [1.54, 1.807) is 0 Å². The van der Waals surface area contributed by atoms with Gasteiger partial charge in [-0.25, -0.2) is 0 Å². The van der Waals surface area contributed by atoms with E-state index in [-0.39, 0.29) is 11.9 Å². The fourth-order valence-electron chi connectivity index (χ4n) is 2.83. The molecule has 108 valence electrons. The van der Waals surface area contributed by atoms with Crippen molar-refractivity contribution >= 4 is 40.1 Å². The number of rotatable bonds is 2. The summed E-state index contributed by atoms with van der Waals surface area (Å²) in [5.74, 6) is 0.105. The van der Waals surface area contributed by atoms with Gasteiger partial charge in [0.2, 0.25) is 0 Å². The molecule has 2 aromatic carbocycles. The number of carbonyl (C=O) groups excluding carboxylic acids is 1. The molecule has 3 rings (SSSR count). The highest BCUT2D eigenvalue weighted by molar-refractivity contribution is 14.1. The fourth-order valence-corrected chi connectivity index (χ4v) is 3.39. The second-order valence-corrected chi connectivity index (χ2v) is 6.90. The molecule has 1 heterocycles. The van der Waals surface area contributed by atoms with E-state index in [2.05, 4.69) is 28.7 Å². The zero-order valence-electron chi connectivity index (χ0n) is 11.4. The molecule has 0 aliphatic carbocycles. The number of amides is 1. The van der Waals surface area contributed by atoms with E-state index < -0.39 is 0 Å². The summed E-state index contributed by atoms with van der Waals surface area (Å²) < 4.78 is 1.14. The van der Waals surface area contributed by atoms with Gasteiger partial charge in [0, 0.05) is 20.7 Å². The van der Waals surface area contributed by atoms with Crippen molar-refractivity contribution in [2.45, 2.75) is 18.9 Å². The maximum Gasteiger partial charge on any atom is 0.254 e. The summed E-state index contributed by atoms with van der Waals surface area (Å²) in [5.41, 5.74) is 1.88. The molecule has 2 nitrogen and oxygen atoms in total. The first-order valence-corrected chi connectivity index (χ1v) is 8.43. The maximum atomic E-state index is 12.7. The summed E-state index contributed by atoms with van der Waals surface area (Å²) in [7, 11) is 0. The molecular formula is C17H15ClINO. The largest absolute Gasteiger partial charge is 0.332 e. The lowest BCUT2D eigenvalue weighted by molar-refractivity contribution is 0.0735. The first-order chi connectivity index (χ1) is 10.1. The average Bonchev–Trinajstić information content (AvgIpc) is 2.97. The maximum absolute atomic E-state index is 12.7. The van der Waals surface area contributed by atoms with E-state index in [4.69, 9.17) is 11.6 Å². The van der Waals surface area contributed by atoms with Gasteiger partial charge in [-0.3, -0.25) is 4.79 Å². The highest BCUT2D eigenvalue weighted by Crippen LogP contribution is 2.34. The van der Waals surface area contributed by atoms with Crippen LogP contribution in [-0.4, -0.2) is 17.4 Å². The molecule has 1 atom stereocenters. The Balaban J connectivity index is 1.87. The normalized spacial score (nSPS) is 18.0. The van der Waals surface area contributed by atoms with Crippen molar-refractivity contribution < 1.29 is 4.79 Å². The Kier molecular flexibility index (Phi) is 4.50. The highest BCUT2D eigenvalue weighted by Gasteiger charge is 2.30. The van der Waals surface area contributed by atoms with Gasteiger partial charge >= 0.3 is 0 Å². The highest BCUT2D eigenvalue weighted by atomic mass is 127. The Labute approximate surface area is 143 Å². The lowest BCUT2D eigenvalue weighted by atomic mass is 10.0. The van der Waals surface area contributed by atoms with Crippen LogP contribution >= 0.6 is 34.2 Å². The minimum absolute atomic E-state index is 0.105. The van der Waals surface area contributed by atoms with Crippen molar-refractivity contribution in [3.63, 3.8) is 0 Å². The topological polar surface area (TPSA) is 20.3 Å². The van der Waals surface area contributed by atoms with Crippen LogP contribution in [0, 0.1) is 3.57 Å². The number of carbonyl (C=O) groups is 1. The Morgan fingerprint density at radius 1 is 1.19 bits per heavy atom. The van der Waals surface area contributed by atoms with E-state index in [0.29, 0.717) is 0 Å². The molecule has 0 bridgehead atoms. The van der Waals surface area contributed by atoms with Crippen molar-refractivity contribution in [3.8, 4) is 0 Å². The second kappa shape index (κ2) is 6.36. The van der Waals surface area contributed by atoms with Gasteiger partial charge in [-0.05, 0) is 77.4 Å². The van der Waals surface area contributed by atoms with Crippen LogP contribution in [0.15, 0.2) is 48.5 Å². The van der Waals surface area contributed by atoms with Crippen molar-refractivity contribution in [3.05, 3.63) is 68.3 Å². The monoisotopic (exact) mass is 411 g/mol. The van der Waals surface area contributed by atoms with Crippen molar-refractivity contribution in [1.29, 1.82) is 0 Å². The van der Waals surface area contributed by atoms with Crippen LogP contribution in [0.2, 0.25) is 5.02 Å². The lowest BCUT2D eigenvalue weighted by Crippen LogP contribution is -2.30. The Hall–Kier alpha value is -1.07. The van der Waals surface area contributed by atoms with Gasteiger partial charge in [-0.2, -0.15) is 0 Å². The van der Waals surface area contributed by atoms with Crippen LogP contribution in [0.3, 0.4) is 0 Å². The van der Waals surface area contributed by atoms with E-state index in [1.807, 2.05) is 47.4 Å². The van der Waals surface area contributed by atoms with E-state index in [0.717, 1.165) is 39.1 Å². The molecule has 1 fully saturated rings. The smallest absolute Gasteiger partial charge is 0.254 e. The van der Waals surface area contributed by atoms with Crippen LogP contribution < -0.4 is 0 Å². The van der Waals surface area contributed by atoms with Crippen LogP contribution in [0.1, 0.15) is 34.8 Å². The number of hydrogen-bond acceptors (Lipinski definition) is 1. The number of likely N-dealkylation sites (tertiary alicyclic amines) is 1. The van der Waals surface area contributed by atoms with Crippen LogP contribution in [0.5, 0.6) is 0 Å². The summed E-state index contributed by atoms with van der Waals surface area (Å²) in [6.45, 7) is 0.808. The second-order valence-electron chi connectivity index (χ2n) is 5.22. The third-order valence-electron chi connectivity index (χ3n) is 3.84. The molecule has 2 aromatic rings. The summed E-state index contributed by atoms with van der Waals surface area (Å²) >= 11 is 8.33. The number of halogens is 2. The fraction of sp³-hybridized carbons (Fsp3) is 0.235. The first-order valence-electron chi connectivity index (χ1n) is 6.97. The Bertz CT molecular complexity index is 656. The number of nitrogens with zero attached hydrogens (tertiary/aromatic N) is 1. The molecule has 1 unspecified atom stereocenters. The van der Waals surface area contributed by atoms with Gasteiger partial charge in [0.05, 0.1) is 6.04 Å². The van der Waals surface area contributed by atoms with E-state index in [9.17, 15) is 4.79 Å². The zero-order chi connectivity index (χ0) is 14.8. The molecule has 1 aliphatic rings. The first kappa shape index (κ1) is 14.9. The summed E-state index contributed by atoms with van der Waals surface area (Å²) in [5, 5.41) is 0.723. The zero-order valence-corrected chi connectivity index (χ0v) is 14.3. The molecule has 4 heteroatoms. The van der Waals surface area contributed by atoms with Crippen molar-refractivity contribution in [1.82, 2.24) is 4.90 Å². The Morgan fingerprint density at radius 2 is 1.95 bits per heavy atom. The van der Waals surface area contributed by atoms with E-state index >= 15 is 0 Å². The molecule has 0 radical (unpaired) electrons. The molecule has 1 aliphatic heterocycles. The van der Waals surface area contributed by atoms with Crippen molar-refractivity contribution in [2.24, 2.45) is 0 Å². The molecule has 0 N–H and O–H groups in total. The van der Waals surface area contributed by atoms with E-state index in [1.165, 1.54) is 0 Å². The molecule has 1 saturated heterocycles. The third-order valence-corrected chi connectivity index (χ3v) is 4.79. The van der Waals surface area contributed by atoms with Crippen LogP contribution in [0.25, 0.3) is 0 Å². The molecule has 0 saturated carbocycles. The summed E-state index contributed by atoms with van der Waals surface area (Å²) in [6, 6.07) is 15.7. The number of hydrogen-bond donors (Lipinski definition) is 0. The molecular weight excluding hydrogens is 397 g/mol. The molecule has 21 heavy (non-hydrogen) atoms. The average molecular weight is 412 g/mol. The van der Waals surface area contributed by atoms with Gasteiger partial charge in [-0.15, -0.1) is 0 Å². The van der Waals surface area contributed by atoms with Crippen LogP contribution in [0.4, 0.5) is 0 Å². The van der Waals surface area contributed by atoms with Gasteiger partial charge in [0.15, 0.2) is 0 Å². The molecule has 1 amide bonds.